The van der Waals surface area contributed by atoms with Gasteiger partial charge in [-0.2, -0.15) is 0 Å². The largest absolute Gasteiger partial charge is 0.392 e. The van der Waals surface area contributed by atoms with Gasteiger partial charge in [0.05, 0.1) is 6.10 Å². The Labute approximate surface area is 103 Å². The van der Waals surface area contributed by atoms with E-state index in [0.717, 1.165) is 11.0 Å². The van der Waals surface area contributed by atoms with Crippen LogP contribution in [0.2, 0.25) is 0 Å². The zero-order valence-electron chi connectivity index (χ0n) is 8.82. The van der Waals surface area contributed by atoms with Crippen molar-refractivity contribution in [3.63, 3.8) is 0 Å². The Morgan fingerprint density at radius 1 is 1.67 bits per heavy atom. The van der Waals surface area contributed by atoms with E-state index in [2.05, 4.69) is 32.3 Å². The molecule has 0 amide bonds. The van der Waals surface area contributed by atoms with Crippen molar-refractivity contribution in [1.82, 2.24) is 4.90 Å². The van der Waals surface area contributed by atoms with E-state index in [-0.39, 0.29) is 6.10 Å². The summed E-state index contributed by atoms with van der Waals surface area (Å²) in [6, 6.07) is 2.11. The summed E-state index contributed by atoms with van der Waals surface area (Å²) in [5, 5.41) is 11.6. The minimum absolute atomic E-state index is 0.316. The molecule has 1 aromatic heterocycles. The molecule has 0 aliphatic rings. The van der Waals surface area contributed by atoms with Gasteiger partial charge < -0.3 is 10.8 Å². The molecule has 0 aromatic carbocycles. The summed E-state index contributed by atoms with van der Waals surface area (Å²) in [6.07, 6.45) is 0.349. The first-order valence-corrected chi connectivity index (χ1v) is 6.58. The molecule has 1 aromatic rings. The van der Waals surface area contributed by atoms with Crippen LogP contribution in [-0.2, 0) is 6.54 Å². The number of likely N-dealkylation sites (N-methyl/N-ethyl adjacent to an activating group) is 1. The number of halogens is 1. The number of rotatable bonds is 6. The van der Waals surface area contributed by atoms with Crippen LogP contribution in [0, 0.1) is 0 Å². The van der Waals surface area contributed by atoms with Crippen LogP contribution in [0.15, 0.2) is 15.9 Å². The molecule has 3 N–H and O–H groups in total. The third kappa shape index (κ3) is 5.08. The summed E-state index contributed by atoms with van der Waals surface area (Å²) in [5.41, 5.74) is 5.38. The average Bonchev–Trinajstić information content (AvgIpc) is 2.51. The number of aliphatic hydroxyl groups is 1. The lowest BCUT2D eigenvalue weighted by Crippen LogP contribution is -2.30. The second-order valence-corrected chi connectivity index (χ2v) is 5.57. The molecule has 1 atom stereocenters. The summed E-state index contributed by atoms with van der Waals surface area (Å²) >= 11 is 5.15. The van der Waals surface area contributed by atoms with Gasteiger partial charge in [0.15, 0.2) is 0 Å². The van der Waals surface area contributed by atoms with Gasteiger partial charge in [0.25, 0.3) is 0 Å². The molecule has 0 spiro atoms. The average molecular weight is 293 g/mol. The summed E-state index contributed by atoms with van der Waals surface area (Å²) in [6.45, 7) is 2.09. The molecule has 0 fully saturated rings. The van der Waals surface area contributed by atoms with Crippen LogP contribution in [0.25, 0.3) is 0 Å². The smallest absolute Gasteiger partial charge is 0.0679 e. The maximum atomic E-state index is 9.58. The van der Waals surface area contributed by atoms with E-state index in [0.29, 0.717) is 19.5 Å². The molecule has 5 heteroatoms. The molecule has 0 radical (unpaired) electrons. The van der Waals surface area contributed by atoms with Gasteiger partial charge >= 0.3 is 0 Å². The van der Waals surface area contributed by atoms with E-state index in [1.54, 1.807) is 11.3 Å². The molecule has 0 bridgehead atoms. The lowest BCUT2D eigenvalue weighted by atomic mass is 10.2. The molecule has 1 heterocycles. The molecule has 1 rings (SSSR count). The molecule has 0 saturated carbocycles. The topological polar surface area (TPSA) is 49.5 Å². The second kappa shape index (κ2) is 6.60. The van der Waals surface area contributed by atoms with Crippen molar-refractivity contribution < 1.29 is 5.11 Å². The van der Waals surface area contributed by atoms with Crippen molar-refractivity contribution in [2.45, 2.75) is 19.1 Å². The van der Waals surface area contributed by atoms with Gasteiger partial charge in [-0.25, -0.2) is 0 Å². The fraction of sp³-hybridized carbons (Fsp3) is 0.600. The number of aliphatic hydroxyl groups excluding tert-OH is 1. The Bertz CT molecular complexity index is 293. The third-order valence-corrected chi connectivity index (χ3v) is 3.75. The van der Waals surface area contributed by atoms with Crippen LogP contribution in [0.1, 0.15) is 11.3 Å². The van der Waals surface area contributed by atoms with Gasteiger partial charge in [-0.1, -0.05) is 0 Å². The van der Waals surface area contributed by atoms with Crippen molar-refractivity contribution in [2.24, 2.45) is 5.73 Å². The van der Waals surface area contributed by atoms with Crippen molar-refractivity contribution in [2.75, 3.05) is 20.1 Å². The van der Waals surface area contributed by atoms with E-state index in [4.69, 9.17) is 5.73 Å². The molecule has 0 saturated heterocycles. The number of hydrogen-bond donors (Lipinski definition) is 2. The molecule has 0 aliphatic heterocycles. The van der Waals surface area contributed by atoms with E-state index in [9.17, 15) is 5.11 Å². The third-order valence-electron chi connectivity index (χ3n) is 2.07. The number of thiophene rings is 1. The van der Waals surface area contributed by atoms with Crippen LogP contribution >= 0.6 is 27.3 Å². The number of nitrogens with two attached hydrogens (primary N) is 1. The van der Waals surface area contributed by atoms with E-state index in [1.807, 2.05) is 7.05 Å². The van der Waals surface area contributed by atoms with Crippen LogP contribution in [0.3, 0.4) is 0 Å². The fourth-order valence-electron chi connectivity index (χ4n) is 1.41. The first-order valence-electron chi connectivity index (χ1n) is 4.91. The summed E-state index contributed by atoms with van der Waals surface area (Å²) in [7, 11) is 2.01. The van der Waals surface area contributed by atoms with Gasteiger partial charge in [0.2, 0.25) is 0 Å². The normalized spacial score (nSPS) is 13.4. The fourth-order valence-corrected chi connectivity index (χ4v) is 2.94. The van der Waals surface area contributed by atoms with E-state index in [1.165, 1.54) is 4.88 Å². The molecular weight excluding hydrogens is 276 g/mol. The van der Waals surface area contributed by atoms with Gasteiger partial charge in [-0.15, -0.1) is 11.3 Å². The predicted molar refractivity (Wildman–Crippen MR) is 68.0 cm³/mol. The molecule has 15 heavy (non-hydrogen) atoms. The Kier molecular flexibility index (Phi) is 5.78. The van der Waals surface area contributed by atoms with Crippen LogP contribution in [0.4, 0.5) is 0 Å². The highest BCUT2D eigenvalue weighted by molar-refractivity contribution is 9.10. The first kappa shape index (κ1) is 13.1. The SMILES string of the molecule is CN(Cc1cc(Br)cs1)CC(O)CCN. The second-order valence-electron chi connectivity index (χ2n) is 3.66. The van der Waals surface area contributed by atoms with Crippen molar-refractivity contribution in [3.8, 4) is 0 Å². The van der Waals surface area contributed by atoms with Crippen molar-refractivity contribution >= 4 is 27.3 Å². The predicted octanol–water partition coefficient (Wildman–Crippen LogP) is 1.65. The Balaban J connectivity index is 2.32. The minimum Gasteiger partial charge on any atom is -0.392 e. The lowest BCUT2D eigenvalue weighted by molar-refractivity contribution is 0.117. The van der Waals surface area contributed by atoms with Crippen molar-refractivity contribution in [3.05, 3.63) is 20.8 Å². The highest BCUT2D eigenvalue weighted by Crippen LogP contribution is 2.20. The minimum atomic E-state index is -0.316. The molecule has 3 nitrogen and oxygen atoms in total. The first-order chi connectivity index (χ1) is 7.11. The zero-order valence-corrected chi connectivity index (χ0v) is 11.2. The van der Waals surface area contributed by atoms with Gasteiger partial charge in [-0.3, -0.25) is 4.90 Å². The maximum absolute atomic E-state index is 9.58. The highest BCUT2D eigenvalue weighted by atomic mass is 79.9. The highest BCUT2D eigenvalue weighted by Gasteiger charge is 2.08. The lowest BCUT2D eigenvalue weighted by Gasteiger charge is -2.19. The van der Waals surface area contributed by atoms with Crippen LogP contribution in [0.5, 0.6) is 0 Å². The molecular formula is C10H17BrN2OS. The maximum Gasteiger partial charge on any atom is 0.0679 e. The summed E-state index contributed by atoms with van der Waals surface area (Å²) in [5.74, 6) is 0. The molecule has 86 valence electrons. The number of nitrogens with zero attached hydrogens (tertiary/aromatic N) is 1. The van der Waals surface area contributed by atoms with Gasteiger partial charge in [-0.05, 0) is 42.0 Å². The summed E-state index contributed by atoms with van der Waals surface area (Å²) < 4.78 is 1.12. The quantitative estimate of drug-likeness (QED) is 0.838. The van der Waals surface area contributed by atoms with E-state index >= 15 is 0 Å². The van der Waals surface area contributed by atoms with Crippen LogP contribution in [-0.4, -0.2) is 36.2 Å². The Morgan fingerprint density at radius 2 is 2.40 bits per heavy atom. The molecule has 1 unspecified atom stereocenters. The van der Waals surface area contributed by atoms with Gasteiger partial charge in [0, 0.05) is 27.8 Å². The zero-order chi connectivity index (χ0) is 11.3. The summed E-state index contributed by atoms with van der Waals surface area (Å²) in [4.78, 5) is 3.41. The van der Waals surface area contributed by atoms with Crippen LogP contribution < -0.4 is 5.73 Å². The Hall–Kier alpha value is 0.0600. The van der Waals surface area contributed by atoms with Crippen molar-refractivity contribution in [1.29, 1.82) is 0 Å². The Morgan fingerprint density at radius 3 is 2.93 bits per heavy atom. The van der Waals surface area contributed by atoms with E-state index < -0.39 is 0 Å². The standard InChI is InChI=1S/C10H17BrN2OS/c1-13(5-9(14)2-3-12)6-10-4-8(11)7-15-10/h4,7,9,14H,2-3,5-6,12H2,1H3. The van der Waals surface area contributed by atoms with Gasteiger partial charge in [0.1, 0.15) is 0 Å². The molecule has 0 aliphatic carbocycles. The monoisotopic (exact) mass is 292 g/mol. The number of hydrogen-bond acceptors (Lipinski definition) is 4.